The zero-order valence-electron chi connectivity index (χ0n) is 12.5. The van der Waals surface area contributed by atoms with Crippen molar-refractivity contribution in [2.24, 2.45) is 0 Å². The van der Waals surface area contributed by atoms with Crippen molar-refractivity contribution in [3.63, 3.8) is 0 Å². The second-order valence-electron chi connectivity index (χ2n) is 5.52. The van der Waals surface area contributed by atoms with E-state index < -0.39 is 0 Å². The van der Waals surface area contributed by atoms with E-state index in [0.29, 0.717) is 11.5 Å². The highest BCUT2D eigenvalue weighted by Gasteiger charge is 2.18. The number of likely N-dealkylation sites (N-methyl/N-ethyl adjacent to an activating group) is 1. The monoisotopic (exact) mass is 284 g/mol. The van der Waals surface area contributed by atoms with Gasteiger partial charge in [-0.2, -0.15) is 0 Å². The van der Waals surface area contributed by atoms with Gasteiger partial charge in [0, 0.05) is 37.3 Å². The van der Waals surface area contributed by atoms with Crippen LogP contribution >= 0.6 is 0 Å². The van der Waals surface area contributed by atoms with Crippen LogP contribution in [0.5, 0.6) is 0 Å². The summed E-state index contributed by atoms with van der Waals surface area (Å²) in [5.74, 6) is 0.678. The van der Waals surface area contributed by atoms with Gasteiger partial charge in [-0.15, -0.1) is 0 Å². The molecule has 0 radical (unpaired) electrons. The van der Waals surface area contributed by atoms with Gasteiger partial charge in [-0.05, 0) is 14.0 Å². The van der Waals surface area contributed by atoms with Gasteiger partial charge in [-0.3, -0.25) is 9.78 Å². The number of nitrogens with one attached hydrogen (secondary N) is 1. The van der Waals surface area contributed by atoms with E-state index >= 15 is 0 Å². The van der Waals surface area contributed by atoms with Crippen LogP contribution in [-0.2, 0) is 0 Å². The summed E-state index contributed by atoms with van der Waals surface area (Å²) >= 11 is 0. The van der Waals surface area contributed by atoms with Crippen LogP contribution in [-0.4, -0.2) is 48.1 Å². The standard InChI is InChI=1S/C16H20N4O/c1-12-14(13-6-4-3-5-7-13)17-16(18-15(12)21)20-10-8-19(2)9-11-20/h3-7H,8-11H2,1-2H3,(H,17,18,21). The third-order valence-electron chi connectivity index (χ3n) is 3.99. The smallest absolute Gasteiger partial charge is 0.255 e. The van der Waals surface area contributed by atoms with Crippen molar-refractivity contribution in [2.45, 2.75) is 6.92 Å². The van der Waals surface area contributed by atoms with Crippen LogP contribution in [0.3, 0.4) is 0 Å². The zero-order chi connectivity index (χ0) is 14.8. The van der Waals surface area contributed by atoms with Gasteiger partial charge in [0.1, 0.15) is 0 Å². The van der Waals surface area contributed by atoms with Gasteiger partial charge < -0.3 is 9.80 Å². The molecular weight excluding hydrogens is 264 g/mol. The van der Waals surface area contributed by atoms with Gasteiger partial charge in [0.2, 0.25) is 5.95 Å². The molecule has 21 heavy (non-hydrogen) atoms. The third-order valence-corrected chi connectivity index (χ3v) is 3.99. The second kappa shape index (κ2) is 5.69. The van der Waals surface area contributed by atoms with E-state index in [-0.39, 0.29) is 5.56 Å². The molecule has 1 aliphatic heterocycles. The minimum atomic E-state index is -0.0576. The van der Waals surface area contributed by atoms with Crippen LogP contribution in [0.4, 0.5) is 5.95 Å². The number of rotatable bonds is 2. The maximum atomic E-state index is 12.2. The average molecular weight is 284 g/mol. The first-order valence-electron chi connectivity index (χ1n) is 7.25. The predicted octanol–water partition coefficient (Wildman–Crippen LogP) is 1.50. The van der Waals surface area contributed by atoms with Crippen LogP contribution in [0, 0.1) is 6.92 Å². The molecule has 0 saturated carbocycles. The molecule has 1 N–H and O–H groups in total. The number of piperazine rings is 1. The quantitative estimate of drug-likeness (QED) is 0.908. The van der Waals surface area contributed by atoms with E-state index in [1.807, 2.05) is 37.3 Å². The van der Waals surface area contributed by atoms with Crippen molar-refractivity contribution in [1.29, 1.82) is 0 Å². The number of aromatic nitrogens is 2. The number of hydrogen-bond acceptors (Lipinski definition) is 4. The Bertz CT molecular complexity index is 672. The highest BCUT2D eigenvalue weighted by molar-refractivity contribution is 5.63. The molecule has 2 aromatic rings. The summed E-state index contributed by atoms with van der Waals surface area (Å²) in [4.78, 5) is 24.2. The third kappa shape index (κ3) is 2.83. The molecule has 3 rings (SSSR count). The number of benzene rings is 1. The topological polar surface area (TPSA) is 52.2 Å². The van der Waals surface area contributed by atoms with Gasteiger partial charge in [0.15, 0.2) is 0 Å². The molecule has 1 aromatic heterocycles. The molecule has 0 bridgehead atoms. The van der Waals surface area contributed by atoms with Gasteiger partial charge >= 0.3 is 0 Å². The lowest BCUT2D eigenvalue weighted by molar-refractivity contribution is 0.311. The molecule has 0 aliphatic carbocycles. The largest absolute Gasteiger partial charge is 0.340 e. The molecule has 0 spiro atoms. The fourth-order valence-corrected chi connectivity index (χ4v) is 2.57. The molecule has 1 fully saturated rings. The fourth-order valence-electron chi connectivity index (χ4n) is 2.57. The van der Waals surface area contributed by atoms with Crippen molar-refractivity contribution in [3.05, 3.63) is 46.2 Å². The Balaban J connectivity index is 2.00. The summed E-state index contributed by atoms with van der Waals surface area (Å²) in [5.41, 5.74) is 2.36. The van der Waals surface area contributed by atoms with Crippen molar-refractivity contribution < 1.29 is 0 Å². The van der Waals surface area contributed by atoms with Gasteiger partial charge in [-0.1, -0.05) is 30.3 Å². The summed E-state index contributed by atoms with van der Waals surface area (Å²) in [6, 6.07) is 9.87. The molecule has 1 aromatic carbocycles. The summed E-state index contributed by atoms with van der Waals surface area (Å²) in [5, 5.41) is 0. The highest BCUT2D eigenvalue weighted by Crippen LogP contribution is 2.20. The Morgan fingerprint density at radius 1 is 1.10 bits per heavy atom. The Labute approximate surface area is 124 Å². The van der Waals surface area contributed by atoms with E-state index in [4.69, 9.17) is 4.98 Å². The van der Waals surface area contributed by atoms with Crippen LogP contribution in [0.1, 0.15) is 5.56 Å². The summed E-state index contributed by atoms with van der Waals surface area (Å²) in [7, 11) is 2.11. The molecule has 0 unspecified atom stereocenters. The molecule has 0 atom stereocenters. The number of hydrogen-bond donors (Lipinski definition) is 1. The Morgan fingerprint density at radius 3 is 2.43 bits per heavy atom. The van der Waals surface area contributed by atoms with Crippen LogP contribution < -0.4 is 10.5 Å². The number of H-pyrrole nitrogens is 1. The van der Waals surface area contributed by atoms with Crippen molar-refractivity contribution in [2.75, 3.05) is 38.1 Å². The molecule has 5 heteroatoms. The SMILES string of the molecule is Cc1c(-c2ccccc2)nc(N2CCN(C)CC2)[nH]c1=O. The van der Waals surface area contributed by atoms with Crippen molar-refractivity contribution >= 4 is 5.95 Å². The van der Waals surface area contributed by atoms with Crippen LogP contribution in [0.25, 0.3) is 11.3 Å². The maximum absolute atomic E-state index is 12.2. The van der Waals surface area contributed by atoms with Crippen molar-refractivity contribution in [1.82, 2.24) is 14.9 Å². The molecule has 5 nitrogen and oxygen atoms in total. The van der Waals surface area contributed by atoms with Gasteiger partial charge in [0.25, 0.3) is 5.56 Å². The molecule has 2 heterocycles. The lowest BCUT2D eigenvalue weighted by Crippen LogP contribution is -2.45. The first-order chi connectivity index (χ1) is 10.1. The number of anilines is 1. The van der Waals surface area contributed by atoms with E-state index in [0.717, 1.165) is 37.4 Å². The number of aromatic amines is 1. The molecule has 110 valence electrons. The van der Waals surface area contributed by atoms with Crippen molar-refractivity contribution in [3.8, 4) is 11.3 Å². The maximum Gasteiger partial charge on any atom is 0.255 e. The highest BCUT2D eigenvalue weighted by atomic mass is 16.1. The number of nitrogens with zero attached hydrogens (tertiary/aromatic N) is 3. The lowest BCUT2D eigenvalue weighted by atomic mass is 10.1. The molecule has 1 aliphatic rings. The summed E-state index contributed by atoms with van der Waals surface area (Å²) in [6.07, 6.45) is 0. The first-order valence-corrected chi connectivity index (χ1v) is 7.25. The lowest BCUT2D eigenvalue weighted by Gasteiger charge is -2.32. The summed E-state index contributed by atoms with van der Waals surface area (Å²) in [6.45, 7) is 5.56. The van der Waals surface area contributed by atoms with Gasteiger partial charge in [-0.25, -0.2) is 4.98 Å². The fraction of sp³-hybridized carbons (Fsp3) is 0.375. The van der Waals surface area contributed by atoms with E-state index in [2.05, 4.69) is 21.8 Å². The normalized spacial score (nSPS) is 16.2. The minimum absolute atomic E-state index is 0.0576. The Kier molecular flexibility index (Phi) is 3.75. The van der Waals surface area contributed by atoms with E-state index in [1.165, 1.54) is 0 Å². The van der Waals surface area contributed by atoms with E-state index in [9.17, 15) is 4.79 Å². The Hall–Kier alpha value is -2.14. The minimum Gasteiger partial charge on any atom is -0.340 e. The van der Waals surface area contributed by atoms with Crippen LogP contribution in [0.2, 0.25) is 0 Å². The predicted molar refractivity (Wildman–Crippen MR) is 84.7 cm³/mol. The molecule has 1 saturated heterocycles. The average Bonchev–Trinajstić information content (AvgIpc) is 2.51. The van der Waals surface area contributed by atoms with Crippen LogP contribution in [0.15, 0.2) is 35.1 Å². The molecule has 0 amide bonds. The first kappa shape index (κ1) is 13.8. The second-order valence-corrected chi connectivity index (χ2v) is 5.52. The van der Waals surface area contributed by atoms with E-state index in [1.54, 1.807) is 0 Å². The Morgan fingerprint density at radius 2 is 1.76 bits per heavy atom. The summed E-state index contributed by atoms with van der Waals surface area (Å²) < 4.78 is 0. The molecular formula is C16H20N4O. The zero-order valence-corrected chi connectivity index (χ0v) is 12.5. The van der Waals surface area contributed by atoms with Gasteiger partial charge in [0.05, 0.1) is 5.69 Å².